The molecule has 2 heterocycles. The third kappa shape index (κ3) is 3.67. The molecule has 1 fully saturated rings. The highest BCUT2D eigenvalue weighted by Crippen LogP contribution is 2.31. The van der Waals surface area contributed by atoms with Crippen molar-refractivity contribution < 1.29 is 0 Å². The number of fused-ring (bicyclic) bond motifs is 1. The number of benzene rings is 2. The Balaban J connectivity index is 1.55. The molecular weight excluding hydrogens is 330 g/mol. The van der Waals surface area contributed by atoms with Gasteiger partial charge < -0.3 is 9.47 Å². The second-order valence-corrected chi connectivity index (χ2v) is 8.24. The highest BCUT2D eigenvalue weighted by Gasteiger charge is 2.34. The molecule has 1 saturated heterocycles. The van der Waals surface area contributed by atoms with Crippen LogP contribution in [0.15, 0.2) is 54.7 Å². The normalized spacial score (nSPS) is 20.8. The fourth-order valence-electron chi connectivity index (χ4n) is 4.52. The summed E-state index contributed by atoms with van der Waals surface area (Å²) in [6, 6.07) is 18.9. The van der Waals surface area contributed by atoms with E-state index in [1.807, 2.05) is 0 Å². The molecule has 0 saturated carbocycles. The molecule has 142 valence electrons. The Labute approximate surface area is 163 Å². The number of nitrogens with zero attached hydrogens (tertiary/aromatic N) is 3. The minimum absolute atomic E-state index is 0.566. The Hall–Kier alpha value is -2.10. The van der Waals surface area contributed by atoms with Crippen LogP contribution in [-0.4, -0.2) is 47.6 Å². The van der Waals surface area contributed by atoms with Crippen molar-refractivity contribution in [2.75, 3.05) is 27.2 Å². The summed E-state index contributed by atoms with van der Waals surface area (Å²) in [6.07, 6.45) is 2.19. The van der Waals surface area contributed by atoms with E-state index in [9.17, 15) is 0 Å². The monoisotopic (exact) mass is 361 g/mol. The van der Waals surface area contributed by atoms with Crippen LogP contribution in [0.5, 0.6) is 0 Å². The molecule has 0 aliphatic carbocycles. The summed E-state index contributed by atoms with van der Waals surface area (Å²) in [7, 11) is 4.44. The van der Waals surface area contributed by atoms with E-state index in [2.05, 4.69) is 97.0 Å². The molecule has 3 aromatic rings. The van der Waals surface area contributed by atoms with Gasteiger partial charge in [0.15, 0.2) is 0 Å². The Kier molecular flexibility index (Phi) is 5.07. The first-order valence-electron chi connectivity index (χ1n) is 10.1. The molecule has 0 radical (unpaired) electrons. The van der Waals surface area contributed by atoms with E-state index in [4.69, 9.17) is 0 Å². The smallest absolute Gasteiger partial charge is 0.0483 e. The number of rotatable bonds is 5. The summed E-state index contributed by atoms with van der Waals surface area (Å²) >= 11 is 0. The number of aromatic nitrogens is 1. The lowest BCUT2D eigenvalue weighted by atomic mass is 9.93. The first-order chi connectivity index (χ1) is 13.0. The molecule has 1 aromatic heterocycles. The van der Waals surface area contributed by atoms with E-state index in [0.29, 0.717) is 12.0 Å². The summed E-state index contributed by atoms with van der Waals surface area (Å²) in [5.41, 5.74) is 5.57. The molecule has 0 amide bonds. The summed E-state index contributed by atoms with van der Waals surface area (Å²) in [6.45, 7) is 8.67. The first-order valence-corrected chi connectivity index (χ1v) is 10.1. The van der Waals surface area contributed by atoms with E-state index in [0.717, 1.165) is 26.2 Å². The van der Waals surface area contributed by atoms with Gasteiger partial charge in [0.2, 0.25) is 0 Å². The largest absolute Gasteiger partial charge is 0.348 e. The Bertz CT molecular complexity index is 907. The SMILES string of the molecule is CCn1ccc2ccc(CN3C[C@@H](N(C)C)[C@H](c4ccc(C)cc4)C3)cc21. The average molecular weight is 362 g/mol. The molecule has 0 bridgehead atoms. The van der Waals surface area contributed by atoms with Crippen LogP contribution in [0, 0.1) is 6.92 Å². The Morgan fingerprint density at radius 2 is 1.78 bits per heavy atom. The second kappa shape index (κ2) is 7.49. The molecule has 3 nitrogen and oxygen atoms in total. The van der Waals surface area contributed by atoms with Gasteiger partial charge in [0, 0.05) is 49.9 Å². The van der Waals surface area contributed by atoms with Crippen LogP contribution in [0.25, 0.3) is 10.9 Å². The van der Waals surface area contributed by atoms with Crippen LogP contribution in [0.2, 0.25) is 0 Å². The molecule has 4 rings (SSSR count). The van der Waals surface area contributed by atoms with Crippen LogP contribution in [0.1, 0.15) is 29.5 Å². The number of likely N-dealkylation sites (N-methyl/N-ethyl adjacent to an activating group) is 1. The standard InChI is InChI=1S/C24H31N3/c1-5-27-13-12-21-11-8-19(14-23(21)27)15-26-16-22(24(17-26)25(3)4)20-9-6-18(2)7-10-20/h6-14,22,24H,5,15-17H2,1-4H3/t22-,24+/m0/s1. The molecule has 1 aliphatic rings. The van der Waals surface area contributed by atoms with Crippen molar-refractivity contribution in [1.82, 2.24) is 14.4 Å². The zero-order chi connectivity index (χ0) is 19.0. The Morgan fingerprint density at radius 3 is 2.48 bits per heavy atom. The molecule has 0 spiro atoms. The lowest BCUT2D eigenvalue weighted by molar-refractivity contribution is 0.260. The van der Waals surface area contributed by atoms with Crippen LogP contribution < -0.4 is 0 Å². The molecule has 0 N–H and O–H groups in total. The molecule has 0 unspecified atom stereocenters. The molecule has 1 aliphatic heterocycles. The number of likely N-dealkylation sites (tertiary alicyclic amines) is 1. The van der Waals surface area contributed by atoms with Gasteiger partial charge >= 0.3 is 0 Å². The maximum Gasteiger partial charge on any atom is 0.0483 e. The number of aryl methyl sites for hydroxylation is 2. The summed E-state index contributed by atoms with van der Waals surface area (Å²) in [4.78, 5) is 5.02. The van der Waals surface area contributed by atoms with Crippen molar-refractivity contribution in [2.24, 2.45) is 0 Å². The minimum atomic E-state index is 0.566. The van der Waals surface area contributed by atoms with E-state index < -0.39 is 0 Å². The van der Waals surface area contributed by atoms with Gasteiger partial charge in [-0.3, -0.25) is 4.90 Å². The van der Waals surface area contributed by atoms with Crippen molar-refractivity contribution in [1.29, 1.82) is 0 Å². The third-order valence-corrected chi connectivity index (χ3v) is 6.12. The van der Waals surface area contributed by atoms with Crippen molar-refractivity contribution in [3.63, 3.8) is 0 Å². The molecule has 2 aromatic carbocycles. The van der Waals surface area contributed by atoms with Crippen LogP contribution in [-0.2, 0) is 13.1 Å². The molecule has 2 atom stereocenters. The van der Waals surface area contributed by atoms with E-state index in [1.54, 1.807) is 0 Å². The maximum atomic E-state index is 2.62. The van der Waals surface area contributed by atoms with Gasteiger partial charge in [-0.25, -0.2) is 0 Å². The summed E-state index contributed by atoms with van der Waals surface area (Å²) in [5, 5.41) is 1.34. The van der Waals surface area contributed by atoms with E-state index >= 15 is 0 Å². The van der Waals surface area contributed by atoms with Gasteiger partial charge in [0.1, 0.15) is 0 Å². The van der Waals surface area contributed by atoms with Gasteiger partial charge in [-0.1, -0.05) is 42.0 Å². The van der Waals surface area contributed by atoms with Gasteiger partial charge in [-0.05, 0) is 56.6 Å². The van der Waals surface area contributed by atoms with Crippen molar-refractivity contribution in [3.8, 4) is 0 Å². The van der Waals surface area contributed by atoms with E-state index in [1.165, 1.54) is 27.6 Å². The van der Waals surface area contributed by atoms with Gasteiger partial charge in [-0.2, -0.15) is 0 Å². The highest BCUT2D eigenvalue weighted by atomic mass is 15.2. The maximum absolute atomic E-state index is 2.62. The average Bonchev–Trinajstić information content (AvgIpc) is 3.26. The number of hydrogen-bond acceptors (Lipinski definition) is 2. The lowest BCUT2D eigenvalue weighted by Crippen LogP contribution is -2.34. The van der Waals surface area contributed by atoms with Crippen LogP contribution in [0.4, 0.5) is 0 Å². The topological polar surface area (TPSA) is 11.4 Å². The number of hydrogen-bond donors (Lipinski definition) is 0. The predicted octanol–water partition coefficient (Wildman–Crippen LogP) is 4.50. The molecule has 3 heteroatoms. The van der Waals surface area contributed by atoms with E-state index in [-0.39, 0.29) is 0 Å². The Morgan fingerprint density at radius 1 is 1.00 bits per heavy atom. The minimum Gasteiger partial charge on any atom is -0.348 e. The molecular formula is C24H31N3. The summed E-state index contributed by atoms with van der Waals surface area (Å²) in [5.74, 6) is 0.573. The second-order valence-electron chi connectivity index (χ2n) is 8.24. The first kappa shape index (κ1) is 18.3. The van der Waals surface area contributed by atoms with Gasteiger partial charge in [-0.15, -0.1) is 0 Å². The lowest BCUT2D eigenvalue weighted by Gasteiger charge is -2.25. The van der Waals surface area contributed by atoms with Gasteiger partial charge in [0.25, 0.3) is 0 Å². The fraction of sp³-hybridized carbons (Fsp3) is 0.417. The van der Waals surface area contributed by atoms with Crippen LogP contribution >= 0.6 is 0 Å². The third-order valence-electron chi connectivity index (χ3n) is 6.12. The van der Waals surface area contributed by atoms with Crippen molar-refractivity contribution in [2.45, 2.75) is 38.9 Å². The van der Waals surface area contributed by atoms with Gasteiger partial charge in [0.05, 0.1) is 0 Å². The van der Waals surface area contributed by atoms with Crippen molar-refractivity contribution >= 4 is 10.9 Å². The summed E-state index contributed by atoms with van der Waals surface area (Å²) < 4.78 is 2.33. The molecule has 27 heavy (non-hydrogen) atoms. The van der Waals surface area contributed by atoms with Crippen molar-refractivity contribution in [3.05, 3.63) is 71.4 Å². The zero-order valence-corrected chi connectivity index (χ0v) is 17.0. The quantitative estimate of drug-likeness (QED) is 0.663. The predicted molar refractivity (Wildman–Crippen MR) is 114 cm³/mol. The zero-order valence-electron chi connectivity index (χ0n) is 17.0. The fourth-order valence-corrected chi connectivity index (χ4v) is 4.52. The van der Waals surface area contributed by atoms with Crippen LogP contribution in [0.3, 0.4) is 0 Å². The highest BCUT2D eigenvalue weighted by molar-refractivity contribution is 5.80.